The molecule has 0 saturated carbocycles. The van der Waals surface area contributed by atoms with Gasteiger partial charge in [0.1, 0.15) is 0 Å². The first-order chi connectivity index (χ1) is 11.8. The number of rotatable bonds is 14. The molecule has 2 atom stereocenters. The van der Waals surface area contributed by atoms with Crippen molar-refractivity contribution >= 4 is 11.9 Å². The molecule has 0 radical (unpaired) electrons. The molecule has 0 amide bonds. The molecule has 6 heteroatoms. The molecule has 0 aliphatic carbocycles. The van der Waals surface area contributed by atoms with Crippen LogP contribution in [0.5, 0.6) is 0 Å². The summed E-state index contributed by atoms with van der Waals surface area (Å²) in [7, 11) is 0. The van der Waals surface area contributed by atoms with Gasteiger partial charge in [-0.15, -0.1) is 9.78 Å². The van der Waals surface area contributed by atoms with Gasteiger partial charge in [-0.3, -0.25) is 9.78 Å². The van der Waals surface area contributed by atoms with E-state index in [1.807, 2.05) is 6.92 Å². The molecule has 0 rings (SSSR count). The molecule has 0 aromatic rings. The maximum absolute atomic E-state index is 12.2. The van der Waals surface area contributed by atoms with Crippen molar-refractivity contribution < 1.29 is 29.1 Å². The Hall–Kier alpha value is -1.14. The predicted molar refractivity (Wildman–Crippen MR) is 95.0 cm³/mol. The highest BCUT2D eigenvalue weighted by Gasteiger charge is 2.34. The zero-order valence-corrected chi connectivity index (χ0v) is 16.8. The lowest BCUT2D eigenvalue weighted by Crippen LogP contribution is -2.36. The first kappa shape index (κ1) is 23.9. The Morgan fingerprint density at radius 1 is 0.880 bits per heavy atom. The Morgan fingerprint density at radius 2 is 1.44 bits per heavy atom. The Bertz CT molecular complexity index is 382. The average molecular weight is 360 g/mol. The van der Waals surface area contributed by atoms with Gasteiger partial charge in [0, 0.05) is 6.42 Å². The van der Waals surface area contributed by atoms with Crippen LogP contribution in [0, 0.1) is 11.8 Å². The van der Waals surface area contributed by atoms with Gasteiger partial charge in [-0.2, -0.15) is 0 Å². The van der Waals surface area contributed by atoms with Crippen molar-refractivity contribution in [3.8, 4) is 0 Å². The molecule has 6 nitrogen and oxygen atoms in total. The molecule has 25 heavy (non-hydrogen) atoms. The normalized spacial score (nSPS) is 14.8. The molecule has 2 unspecified atom stereocenters. The van der Waals surface area contributed by atoms with Crippen molar-refractivity contribution in [1.29, 1.82) is 0 Å². The number of carbonyl (C=O) groups excluding carboxylic acids is 2. The summed E-state index contributed by atoms with van der Waals surface area (Å²) in [5.74, 6) is -2.72. The SMILES string of the molecule is CCCCCC(C)(OOC(=O)C(C)C)OOC(=O)C(CC)CCCC. The van der Waals surface area contributed by atoms with E-state index in [0.717, 1.165) is 38.5 Å². The molecule has 0 aromatic carbocycles. The van der Waals surface area contributed by atoms with Crippen molar-refractivity contribution in [1.82, 2.24) is 0 Å². The van der Waals surface area contributed by atoms with E-state index in [1.165, 1.54) is 0 Å². The van der Waals surface area contributed by atoms with Crippen LogP contribution in [0.4, 0.5) is 0 Å². The van der Waals surface area contributed by atoms with E-state index in [1.54, 1.807) is 20.8 Å². The van der Waals surface area contributed by atoms with Crippen LogP contribution in [-0.2, 0) is 29.1 Å². The van der Waals surface area contributed by atoms with E-state index in [4.69, 9.17) is 19.6 Å². The maximum Gasteiger partial charge on any atom is 0.345 e. The molecule has 0 aliphatic rings. The lowest BCUT2D eigenvalue weighted by molar-refractivity contribution is -0.478. The van der Waals surface area contributed by atoms with Gasteiger partial charge in [0.25, 0.3) is 5.79 Å². The van der Waals surface area contributed by atoms with Crippen molar-refractivity contribution in [2.75, 3.05) is 0 Å². The standard InChI is InChI=1S/C19H36O6/c1-7-10-12-14-19(6,24-22-17(20)15(4)5)25-23-18(21)16(9-3)13-11-8-2/h15-16H,7-14H2,1-6H3. The first-order valence-electron chi connectivity index (χ1n) is 9.58. The van der Waals surface area contributed by atoms with Crippen LogP contribution < -0.4 is 0 Å². The van der Waals surface area contributed by atoms with Crippen LogP contribution in [-0.4, -0.2) is 17.7 Å². The van der Waals surface area contributed by atoms with E-state index in [9.17, 15) is 9.59 Å². The Kier molecular flexibility index (Phi) is 12.5. The van der Waals surface area contributed by atoms with Crippen LogP contribution in [0.1, 0.15) is 92.9 Å². The van der Waals surface area contributed by atoms with Gasteiger partial charge in [-0.1, -0.05) is 60.3 Å². The minimum absolute atomic E-state index is 0.196. The first-order valence-corrected chi connectivity index (χ1v) is 9.58. The van der Waals surface area contributed by atoms with E-state index in [2.05, 4.69) is 13.8 Å². The third-order valence-corrected chi connectivity index (χ3v) is 4.04. The molecular weight excluding hydrogens is 324 g/mol. The minimum Gasteiger partial charge on any atom is -0.295 e. The summed E-state index contributed by atoms with van der Waals surface area (Å²) in [6.07, 6.45) is 6.70. The number of carbonyl (C=O) groups is 2. The summed E-state index contributed by atoms with van der Waals surface area (Å²) in [4.78, 5) is 44.1. The second-order valence-corrected chi connectivity index (χ2v) is 6.96. The largest absolute Gasteiger partial charge is 0.345 e. The van der Waals surface area contributed by atoms with E-state index >= 15 is 0 Å². The van der Waals surface area contributed by atoms with Crippen LogP contribution >= 0.6 is 0 Å². The molecule has 0 bridgehead atoms. The zero-order valence-electron chi connectivity index (χ0n) is 16.8. The lowest BCUT2D eigenvalue weighted by atomic mass is 10.00. The van der Waals surface area contributed by atoms with Crippen LogP contribution in [0.15, 0.2) is 0 Å². The number of unbranched alkanes of at least 4 members (excludes halogenated alkanes) is 3. The summed E-state index contributed by atoms with van der Waals surface area (Å²) in [6.45, 7) is 11.1. The smallest absolute Gasteiger partial charge is 0.295 e. The van der Waals surface area contributed by atoms with Gasteiger partial charge in [-0.05, 0) is 26.2 Å². The fraction of sp³-hybridized carbons (Fsp3) is 0.895. The summed E-state index contributed by atoms with van der Waals surface area (Å²) in [6, 6.07) is 0. The van der Waals surface area contributed by atoms with Gasteiger partial charge < -0.3 is 0 Å². The summed E-state index contributed by atoms with van der Waals surface area (Å²) in [5.41, 5.74) is 0. The van der Waals surface area contributed by atoms with Crippen molar-refractivity contribution in [2.24, 2.45) is 11.8 Å². The number of hydrogen-bond donors (Lipinski definition) is 0. The predicted octanol–water partition coefficient (Wildman–Crippen LogP) is 5.10. The van der Waals surface area contributed by atoms with E-state index in [-0.39, 0.29) is 11.8 Å². The molecule has 0 saturated heterocycles. The second kappa shape index (κ2) is 13.1. The van der Waals surface area contributed by atoms with Crippen molar-refractivity contribution in [3.05, 3.63) is 0 Å². The number of hydrogen-bond acceptors (Lipinski definition) is 6. The van der Waals surface area contributed by atoms with Crippen molar-refractivity contribution in [2.45, 2.75) is 98.7 Å². The third kappa shape index (κ3) is 10.4. The molecule has 0 spiro atoms. The van der Waals surface area contributed by atoms with Crippen LogP contribution in [0.3, 0.4) is 0 Å². The van der Waals surface area contributed by atoms with Crippen molar-refractivity contribution in [3.63, 3.8) is 0 Å². The lowest BCUT2D eigenvalue weighted by Gasteiger charge is -2.26. The van der Waals surface area contributed by atoms with Gasteiger partial charge in [0.05, 0.1) is 11.8 Å². The zero-order chi connectivity index (χ0) is 19.3. The molecule has 0 fully saturated rings. The highest BCUT2D eigenvalue weighted by atomic mass is 17.3. The highest BCUT2D eigenvalue weighted by molar-refractivity contribution is 5.71. The monoisotopic (exact) mass is 360 g/mol. The molecule has 148 valence electrons. The Labute approximate surface area is 152 Å². The molecule has 0 aromatic heterocycles. The molecule has 0 aliphatic heterocycles. The molecule has 0 heterocycles. The Balaban J connectivity index is 4.68. The Morgan fingerprint density at radius 3 is 1.92 bits per heavy atom. The minimum atomic E-state index is -1.31. The van der Waals surface area contributed by atoms with Gasteiger partial charge in [0.15, 0.2) is 0 Å². The molecular formula is C19H36O6. The topological polar surface area (TPSA) is 71.1 Å². The summed E-state index contributed by atoms with van der Waals surface area (Å²) < 4.78 is 0. The van der Waals surface area contributed by atoms with Crippen LogP contribution in [0.2, 0.25) is 0 Å². The highest BCUT2D eigenvalue weighted by Crippen LogP contribution is 2.24. The van der Waals surface area contributed by atoms with Gasteiger partial charge >= 0.3 is 11.9 Å². The van der Waals surface area contributed by atoms with Crippen LogP contribution in [0.25, 0.3) is 0 Å². The van der Waals surface area contributed by atoms with Gasteiger partial charge in [-0.25, -0.2) is 9.59 Å². The van der Waals surface area contributed by atoms with E-state index < -0.39 is 17.7 Å². The fourth-order valence-electron chi connectivity index (χ4n) is 2.16. The maximum atomic E-state index is 12.2. The van der Waals surface area contributed by atoms with E-state index in [0.29, 0.717) is 12.8 Å². The summed E-state index contributed by atoms with van der Waals surface area (Å²) in [5, 5.41) is 0. The van der Waals surface area contributed by atoms with Gasteiger partial charge in [0.2, 0.25) is 0 Å². The summed E-state index contributed by atoms with van der Waals surface area (Å²) >= 11 is 0. The third-order valence-electron chi connectivity index (χ3n) is 4.04. The molecule has 0 N–H and O–H groups in total. The fourth-order valence-corrected chi connectivity index (χ4v) is 2.16. The quantitative estimate of drug-likeness (QED) is 0.186. The second-order valence-electron chi connectivity index (χ2n) is 6.96. The average Bonchev–Trinajstić information content (AvgIpc) is 2.58.